The fourth-order valence-electron chi connectivity index (χ4n) is 8.60. The molecular weight excluding hydrogens is 657 g/mol. The third-order valence-electron chi connectivity index (χ3n) is 10.8. The SMILES string of the molecule is c1ccc2c(c1)ccc1sc3cc4c(cc3c12)sc1ccc(-c2c3ccccc3c(-c3ccc5c(c3)oc3ccccc35)c3ccccc23)cc14. The van der Waals surface area contributed by atoms with Gasteiger partial charge in [0, 0.05) is 51.1 Å². The Hall–Kier alpha value is -6.00. The molecule has 0 fully saturated rings. The number of fused-ring (bicyclic) bond motifs is 13. The molecule has 1 nitrogen and oxygen atoms in total. The van der Waals surface area contributed by atoms with Crippen molar-refractivity contribution in [2.45, 2.75) is 0 Å². The van der Waals surface area contributed by atoms with Gasteiger partial charge in [-0.25, -0.2) is 0 Å². The number of hydrogen-bond donors (Lipinski definition) is 0. The third-order valence-corrected chi connectivity index (χ3v) is 13.1. The zero-order valence-electron chi connectivity index (χ0n) is 27.2. The molecule has 0 unspecified atom stereocenters. The first-order valence-electron chi connectivity index (χ1n) is 17.3. The Morgan fingerprint density at radius 3 is 1.61 bits per heavy atom. The second-order valence-corrected chi connectivity index (χ2v) is 15.7. The molecule has 0 aliphatic carbocycles. The van der Waals surface area contributed by atoms with Crippen LogP contribution in [0.3, 0.4) is 0 Å². The highest BCUT2D eigenvalue weighted by Crippen LogP contribution is 2.48. The van der Waals surface area contributed by atoms with Gasteiger partial charge in [-0.2, -0.15) is 0 Å². The van der Waals surface area contributed by atoms with Crippen LogP contribution in [0.25, 0.3) is 117 Å². The second-order valence-electron chi connectivity index (χ2n) is 13.6. The summed E-state index contributed by atoms with van der Waals surface area (Å²) in [5.41, 5.74) is 6.78. The average molecular weight is 683 g/mol. The molecule has 0 bridgehead atoms. The van der Waals surface area contributed by atoms with Crippen molar-refractivity contribution in [3.8, 4) is 22.3 Å². The van der Waals surface area contributed by atoms with E-state index in [9.17, 15) is 0 Å². The van der Waals surface area contributed by atoms with Crippen LogP contribution < -0.4 is 0 Å². The van der Waals surface area contributed by atoms with E-state index < -0.39 is 0 Å². The minimum Gasteiger partial charge on any atom is -0.456 e. The van der Waals surface area contributed by atoms with Crippen LogP contribution in [0.4, 0.5) is 0 Å². The van der Waals surface area contributed by atoms with Gasteiger partial charge in [0.2, 0.25) is 0 Å². The smallest absolute Gasteiger partial charge is 0.136 e. The van der Waals surface area contributed by atoms with E-state index in [0.29, 0.717) is 0 Å². The van der Waals surface area contributed by atoms with Crippen LogP contribution in [0.2, 0.25) is 0 Å². The van der Waals surface area contributed by atoms with E-state index in [2.05, 4.69) is 152 Å². The van der Waals surface area contributed by atoms with Gasteiger partial charge in [0.25, 0.3) is 0 Å². The van der Waals surface area contributed by atoms with E-state index in [1.165, 1.54) is 94.9 Å². The van der Waals surface area contributed by atoms with E-state index in [-0.39, 0.29) is 0 Å². The Morgan fingerprint density at radius 2 is 0.843 bits per heavy atom. The standard InChI is InChI=1S/C48H26OS2/c1-2-10-30-27(9-1)18-22-43-48(30)39-26-44-38(25-45(39)51-43)37-23-28(19-21-42(37)50-44)46-33-12-3-5-14-35(33)47(36-15-6-4-13-34(36)46)29-17-20-32-31-11-7-8-16-40(31)49-41(32)24-29/h1-26H. The predicted molar refractivity (Wildman–Crippen MR) is 223 cm³/mol. The molecule has 51 heavy (non-hydrogen) atoms. The molecule has 236 valence electrons. The van der Waals surface area contributed by atoms with Crippen LogP contribution in [-0.4, -0.2) is 0 Å². The molecule has 3 heterocycles. The second kappa shape index (κ2) is 10.3. The highest BCUT2D eigenvalue weighted by Gasteiger charge is 2.19. The van der Waals surface area contributed by atoms with Crippen LogP contribution in [-0.2, 0) is 0 Å². The first-order chi connectivity index (χ1) is 25.3. The summed E-state index contributed by atoms with van der Waals surface area (Å²) in [6.07, 6.45) is 0. The highest BCUT2D eigenvalue weighted by atomic mass is 32.1. The number of hydrogen-bond acceptors (Lipinski definition) is 3. The van der Waals surface area contributed by atoms with Gasteiger partial charge < -0.3 is 4.42 Å². The summed E-state index contributed by atoms with van der Waals surface area (Å²) in [6, 6.07) is 58.2. The van der Waals surface area contributed by atoms with Crippen LogP contribution in [0, 0.1) is 0 Å². The molecule has 0 N–H and O–H groups in total. The maximum Gasteiger partial charge on any atom is 0.136 e. The van der Waals surface area contributed by atoms with E-state index in [0.717, 1.165) is 21.9 Å². The maximum atomic E-state index is 6.36. The zero-order valence-corrected chi connectivity index (χ0v) is 28.9. The molecule has 0 atom stereocenters. The monoisotopic (exact) mass is 682 g/mol. The normalized spacial score (nSPS) is 12.3. The molecule has 0 saturated carbocycles. The molecular formula is C48H26OS2. The Bertz CT molecular complexity index is 3370. The van der Waals surface area contributed by atoms with Crippen molar-refractivity contribution < 1.29 is 4.42 Å². The molecule has 0 aliphatic heterocycles. The fourth-order valence-corrected chi connectivity index (χ4v) is 10.9. The number of furan rings is 1. The molecule has 3 aromatic heterocycles. The summed E-state index contributed by atoms with van der Waals surface area (Å²) in [5, 5.41) is 15.3. The molecule has 12 rings (SSSR count). The topological polar surface area (TPSA) is 13.1 Å². The highest BCUT2D eigenvalue weighted by molar-refractivity contribution is 7.27. The third kappa shape index (κ3) is 3.90. The average Bonchev–Trinajstić information content (AvgIpc) is 3.86. The van der Waals surface area contributed by atoms with Gasteiger partial charge in [-0.05, 0) is 103 Å². The van der Waals surface area contributed by atoms with Crippen LogP contribution >= 0.6 is 22.7 Å². The van der Waals surface area contributed by atoms with E-state index in [1.807, 2.05) is 28.7 Å². The molecule has 0 amide bonds. The Kier molecular flexibility index (Phi) is 5.59. The van der Waals surface area contributed by atoms with Crippen LogP contribution in [0.15, 0.2) is 162 Å². The van der Waals surface area contributed by atoms with Crippen LogP contribution in [0.1, 0.15) is 0 Å². The molecule has 9 aromatic carbocycles. The van der Waals surface area contributed by atoms with Crippen LogP contribution in [0.5, 0.6) is 0 Å². The van der Waals surface area contributed by atoms with Crippen molar-refractivity contribution in [3.05, 3.63) is 158 Å². The van der Waals surface area contributed by atoms with Crippen molar-refractivity contribution >= 4 is 117 Å². The summed E-state index contributed by atoms with van der Waals surface area (Å²) < 4.78 is 11.7. The van der Waals surface area contributed by atoms with E-state index in [1.54, 1.807) is 0 Å². The Morgan fingerprint density at radius 1 is 0.314 bits per heavy atom. The summed E-state index contributed by atoms with van der Waals surface area (Å²) in [6.45, 7) is 0. The van der Waals surface area contributed by atoms with Crippen molar-refractivity contribution in [2.75, 3.05) is 0 Å². The summed E-state index contributed by atoms with van der Waals surface area (Å²) >= 11 is 3.81. The van der Waals surface area contributed by atoms with Crippen molar-refractivity contribution in [1.29, 1.82) is 0 Å². The van der Waals surface area contributed by atoms with Crippen molar-refractivity contribution in [2.24, 2.45) is 0 Å². The number of benzene rings is 9. The van der Waals surface area contributed by atoms with Gasteiger partial charge >= 0.3 is 0 Å². The van der Waals surface area contributed by atoms with E-state index in [4.69, 9.17) is 4.42 Å². The van der Waals surface area contributed by atoms with Gasteiger partial charge in [0.1, 0.15) is 11.2 Å². The first kappa shape index (κ1) is 27.8. The molecule has 12 aromatic rings. The molecule has 0 aliphatic rings. The largest absolute Gasteiger partial charge is 0.456 e. The van der Waals surface area contributed by atoms with E-state index >= 15 is 0 Å². The lowest BCUT2D eigenvalue weighted by Crippen LogP contribution is -1.90. The molecule has 0 saturated heterocycles. The van der Waals surface area contributed by atoms with Gasteiger partial charge in [-0.1, -0.05) is 109 Å². The quantitative estimate of drug-likeness (QED) is 0.165. The van der Waals surface area contributed by atoms with Gasteiger partial charge in [-0.3, -0.25) is 0 Å². The Balaban J connectivity index is 1.10. The molecule has 0 spiro atoms. The Labute approximate surface area is 300 Å². The zero-order chi connectivity index (χ0) is 33.2. The summed E-state index contributed by atoms with van der Waals surface area (Å²) in [5.74, 6) is 0. The lowest BCUT2D eigenvalue weighted by Gasteiger charge is -2.18. The fraction of sp³-hybridized carbons (Fsp3) is 0. The van der Waals surface area contributed by atoms with Gasteiger partial charge in [0.15, 0.2) is 0 Å². The van der Waals surface area contributed by atoms with Gasteiger partial charge in [-0.15, -0.1) is 22.7 Å². The molecule has 0 radical (unpaired) electrons. The molecule has 3 heteroatoms. The number of rotatable bonds is 2. The van der Waals surface area contributed by atoms with Crippen molar-refractivity contribution in [1.82, 2.24) is 0 Å². The maximum absolute atomic E-state index is 6.36. The summed E-state index contributed by atoms with van der Waals surface area (Å²) in [4.78, 5) is 0. The summed E-state index contributed by atoms with van der Waals surface area (Å²) in [7, 11) is 0. The minimum absolute atomic E-state index is 0.918. The lowest BCUT2D eigenvalue weighted by atomic mass is 9.85. The number of para-hydroxylation sites is 1. The number of thiophene rings is 2. The minimum atomic E-state index is 0.918. The van der Waals surface area contributed by atoms with Crippen molar-refractivity contribution in [3.63, 3.8) is 0 Å². The first-order valence-corrected chi connectivity index (χ1v) is 19.0. The van der Waals surface area contributed by atoms with Gasteiger partial charge in [0.05, 0.1) is 0 Å². The predicted octanol–water partition coefficient (Wildman–Crippen LogP) is 15.1. The lowest BCUT2D eigenvalue weighted by molar-refractivity contribution is 0.669.